The SMILES string of the molecule is CC(O)(CO)CNCc1cc(F)c(F)cc1F. The summed E-state index contributed by atoms with van der Waals surface area (Å²) in [5.74, 6) is -3.23. The number of halogens is 3. The van der Waals surface area contributed by atoms with Crippen molar-refractivity contribution < 1.29 is 23.4 Å². The molecule has 96 valence electrons. The molecule has 0 radical (unpaired) electrons. The van der Waals surface area contributed by atoms with Gasteiger partial charge in [-0.05, 0) is 13.0 Å². The van der Waals surface area contributed by atoms with E-state index < -0.39 is 29.7 Å². The van der Waals surface area contributed by atoms with Gasteiger partial charge in [-0.2, -0.15) is 0 Å². The molecular formula is C11H14F3NO2. The molecule has 0 aliphatic rings. The first-order valence-corrected chi connectivity index (χ1v) is 5.03. The summed E-state index contributed by atoms with van der Waals surface area (Å²) < 4.78 is 38.6. The highest BCUT2D eigenvalue weighted by atomic mass is 19.2. The fraction of sp³-hybridized carbons (Fsp3) is 0.455. The third-order valence-corrected chi connectivity index (χ3v) is 2.25. The number of rotatable bonds is 5. The van der Waals surface area contributed by atoms with Crippen molar-refractivity contribution in [3.05, 3.63) is 35.1 Å². The smallest absolute Gasteiger partial charge is 0.161 e. The molecule has 0 aliphatic carbocycles. The van der Waals surface area contributed by atoms with Crippen LogP contribution < -0.4 is 5.32 Å². The van der Waals surface area contributed by atoms with Gasteiger partial charge in [-0.25, -0.2) is 13.2 Å². The Morgan fingerprint density at radius 1 is 1.18 bits per heavy atom. The van der Waals surface area contributed by atoms with Crippen LogP contribution in [-0.4, -0.2) is 29.0 Å². The fourth-order valence-corrected chi connectivity index (χ4v) is 1.22. The number of aliphatic hydroxyl groups is 2. The number of hydrogen-bond acceptors (Lipinski definition) is 3. The molecular weight excluding hydrogens is 235 g/mol. The first-order chi connectivity index (χ1) is 7.85. The van der Waals surface area contributed by atoms with E-state index in [1.54, 1.807) is 0 Å². The molecule has 0 fully saturated rings. The van der Waals surface area contributed by atoms with Gasteiger partial charge < -0.3 is 15.5 Å². The largest absolute Gasteiger partial charge is 0.393 e. The average molecular weight is 249 g/mol. The lowest BCUT2D eigenvalue weighted by atomic mass is 10.1. The van der Waals surface area contributed by atoms with Gasteiger partial charge in [0.15, 0.2) is 11.6 Å². The van der Waals surface area contributed by atoms with Crippen LogP contribution in [0.15, 0.2) is 12.1 Å². The first-order valence-electron chi connectivity index (χ1n) is 5.03. The van der Waals surface area contributed by atoms with Crippen molar-refractivity contribution in [1.82, 2.24) is 5.32 Å². The Bertz CT molecular complexity index is 397. The van der Waals surface area contributed by atoms with Gasteiger partial charge in [0.25, 0.3) is 0 Å². The van der Waals surface area contributed by atoms with Crippen LogP contribution in [0.2, 0.25) is 0 Å². The molecule has 0 saturated carbocycles. The highest BCUT2D eigenvalue weighted by Gasteiger charge is 2.18. The minimum absolute atomic E-state index is 0.00192. The van der Waals surface area contributed by atoms with E-state index in [1.165, 1.54) is 6.92 Å². The lowest BCUT2D eigenvalue weighted by molar-refractivity contribution is 0.00248. The predicted molar refractivity (Wildman–Crippen MR) is 55.7 cm³/mol. The summed E-state index contributed by atoms with van der Waals surface area (Å²) in [5.41, 5.74) is -1.38. The van der Waals surface area contributed by atoms with E-state index in [9.17, 15) is 18.3 Å². The van der Waals surface area contributed by atoms with Crippen molar-refractivity contribution in [3.8, 4) is 0 Å². The Morgan fingerprint density at radius 3 is 2.35 bits per heavy atom. The van der Waals surface area contributed by atoms with E-state index in [-0.39, 0.29) is 18.7 Å². The Morgan fingerprint density at radius 2 is 1.76 bits per heavy atom. The molecule has 1 atom stereocenters. The Balaban J connectivity index is 2.61. The van der Waals surface area contributed by atoms with Gasteiger partial charge >= 0.3 is 0 Å². The van der Waals surface area contributed by atoms with Crippen molar-refractivity contribution in [1.29, 1.82) is 0 Å². The van der Waals surface area contributed by atoms with Crippen molar-refractivity contribution in [2.75, 3.05) is 13.2 Å². The zero-order chi connectivity index (χ0) is 13.1. The van der Waals surface area contributed by atoms with Gasteiger partial charge in [0.05, 0.1) is 12.2 Å². The summed E-state index contributed by atoms with van der Waals surface area (Å²) in [6.07, 6.45) is 0. The molecule has 0 bridgehead atoms. The number of benzene rings is 1. The maximum Gasteiger partial charge on any atom is 0.161 e. The summed E-state index contributed by atoms with van der Waals surface area (Å²) in [7, 11) is 0. The first kappa shape index (κ1) is 14.0. The molecule has 0 aromatic heterocycles. The van der Waals surface area contributed by atoms with E-state index in [2.05, 4.69) is 5.32 Å². The molecule has 1 rings (SSSR count). The lowest BCUT2D eigenvalue weighted by Crippen LogP contribution is -2.40. The van der Waals surface area contributed by atoms with Crippen LogP contribution in [0.4, 0.5) is 13.2 Å². The molecule has 0 heterocycles. The van der Waals surface area contributed by atoms with Crippen molar-refractivity contribution >= 4 is 0 Å². The number of aliphatic hydroxyl groups excluding tert-OH is 1. The molecule has 17 heavy (non-hydrogen) atoms. The molecule has 1 unspecified atom stereocenters. The van der Waals surface area contributed by atoms with Crippen molar-refractivity contribution in [3.63, 3.8) is 0 Å². The van der Waals surface area contributed by atoms with E-state index >= 15 is 0 Å². The zero-order valence-corrected chi connectivity index (χ0v) is 9.30. The van der Waals surface area contributed by atoms with Gasteiger partial charge in [-0.3, -0.25) is 0 Å². The summed E-state index contributed by atoms with van der Waals surface area (Å²) >= 11 is 0. The number of hydrogen-bond donors (Lipinski definition) is 3. The average Bonchev–Trinajstić information content (AvgIpc) is 2.25. The van der Waals surface area contributed by atoms with Crippen LogP contribution >= 0.6 is 0 Å². The van der Waals surface area contributed by atoms with Crippen LogP contribution in [0.3, 0.4) is 0 Å². The maximum absolute atomic E-state index is 13.2. The van der Waals surface area contributed by atoms with Crippen LogP contribution in [0.1, 0.15) is 12.5 Å². The van der Waals surface area contributed by atoms with Crippen LogP contribution in [0.25, 0.3) is 0 Å². The Kier molecular flexibility index (Phi) is 4.50. The zero-order valence-electron chi connectivity index (χ0n) is 9.30. The Hall–Kier alpha value is -1.11. The molecule has 1 aromatic carbocycles. The van der Waals surface area contributed by atoms with Crippen LogP contribution in [0, 0.1) is 17.5 Å². The Labute approximate surface area is 96.9 Å². The second-order valence-electron chi connectivity index (χ2n) is 4.12. The lowest BCUT2D eigenvalue weighted by Gasteiger charge is -2.20. The van der Waals surface area contributed by atoms with Gasteiger partial charge in [0.1, 0.15) is 5.82 Å². The highest BCUT2D eigenvalue weighted by Crippen LogP contribution is 2.13. The summed E-state index contributed by atoms with van der Waals surface area (Å²) in [6, 6.07) is 1.22. The fourth-order valence-electron chi connectivity index (χ4n) is 1.22. The molecule has 6 heteroatoms. The molecule has 3 nitrogen and oxygen atoms in total. The highest BCUT2D eigenvalue weighted by molar-refractivity contribution is 5.19. The van der Waals surface area contributed by atoms with E-state index in [0.29, 0.717) is 6.07 Å². The second kappa shape index (κ2) is 5.48. The third kappa shape index (κ3) is 3.99. The molecule has 1 aromatic rings. The minimum atomic E-state index is -1.34. The third-order valence-electron chi connectivity index (χ3n) is 2.25. The predicted octanol–water partition coefficient (Wildman–Crippen LogP) is 0.937. The van der Waals surface area contributed by atoms with Crippen molar-refractivity contribution in [2.45, 2.75) is 19.1 Å². The van der Waals surface area contributed by atoms with Gasteiger partial charge in [-0.15, -0.1) is 0 Å². The summed E-state index contributed by atoms with van der Waals surface area (Å²) in [4.78, 5) is 0. The second-order valence-corrected chi connectivity index (χ2v) is 4.12. The summed E-state index contributed by atoms with van der Waals surface area (Å²) in [6.45, 7) is 0.864. The van der Waals surface area contributed by atoms with Crippen LogP contribution in [-0.2, 0) is 6.54 Å². The van der Waals surface area contributed by atoms with Gasteiger partial charge in [-0.1, -0.05) is 0 Å². The minimum Gasteiger partial charge on any atom is -0.393 e. The standard InChI is InChI=1S/C11H14F3NO2/c1-11(17,6-16)5-15-4-7-2-9(13)10(14)3-8(7)12/h2-3,15-17H,4-6H2,1H3. The maximum atomic E-state index is 13.2. The molecule has 0 amide bonds. The molecule has 0 spiro atoms. The monoisotopic (exact) mass is 249 g/mol. The molecule has 0 saturated heterocycles. The van der Waals surface area contributed by atoms with Gasteiger partial charge in [0, 0.05) is 24.7 Å². The topological polar surface area (TPSA) is 52.5 Å². The van der Waals surface area contributed by atoms with E-state index in [4.69, 9.17) is 5.11 Å². The normalized spacial score (nSPS) is 14.7. The summed E-state index contributed by atoms with van der Waals surface area (Å²) in [5, 5.41) is 20.8. The van der Waals surface area contributed by atoms with E-state index in [1.807, 2.05) is 0 Å². The van der Waals surface area contributed by atoms with Gasteiger partial charge in [0.2, 0.25) is 0 Å². The number of nitrogens with one attached hydrogen (secondary N) is 1. The van der Waals surface area contributed by atoms with E-state index in [0.717, 1.165) is 6.07 Å². The van der Waals surface area contributed by atoms with Crippen LogP contribution in [0.5, 0.6) is 0 Å². The van der Waals surface area contributed by atoms with Crippen molar-refractivity contribution in [2.24, 2.45) is 0 Å². The molecule has 3 N–H and O–H groups in total. The quantitative estimate of drug-likeness (QED) is 0.681. The molecule has 0 aliphatic heterocycles.